The molecule has 9 heteroatoms. The van der Waals surface area contributed by atoms with Crippen LogP contribution in [0, 0.1) is 10.1 Å². The molecule has 2 aromatic carbocycles. The zero-order chi connectivity index (χ0) is 20.2. The van der Waals surface area contributed by atoms with Gasteiger partial charge in [-0.2, -0.15) is 4.98 Å². The lowest BCUT2D eigenvalue weighted by Crippen LogP contribution is -2.20. The number of hydrogen-bond acceptors (Lipinski definition) is 7. The number of nitrogens with one attached hydrogen (secondary N) is 1. The van der Waals surface area contributed by atoms with Crippen molar-refractivity contribution < 1.29 is 18.9 Å². The average molecular weight is 390 g/mol. The second-order valence-corrected chi connectivity index (χ2v) is 5.99. The molecule has 29 heavy (non-hydrogen) atoms. The van der Waals surface area contributed by atoms with Gasteiger partial charge < -0.3 is 14.5 Å². The van der Waals surface area contributed by atoms with E-state index in [0.29, 0.717) is 28.4 Å². The number of carbonyl (C=O) groups excluding carboxylic acids is 1. The third-order valence-electron chi connectivity index (χ3n) is 3.98. The molecule has 0 aliphatic heterocycles. The Kier molecular flexibility index (Phi) is 4.85. The van der Waals surface area contributed by atoms with Gasteiger partial charge >= 0.3 is 5.69 Å². The lowest BCUT2D eigenvalue weighted by atomic mass is 10.2. The van der Waals surface area contributed by atoms with E-state index in [1.165, 1.54) is 18.2 Å². The van der Waals surface area contributed by atoms with Crippen LogP contribution >= 0.6 is 0 Å². The number of pyridine rings is 1. The number of anilines is 1. The molecule has 2 heterocycles. The highest BCUT2D eigenvalue weighted by molar-refractivity contribution is 5.92. The van der Waals surface area contributed by atoms with Crippen LogP contribution in [0.3, 0.4) is 0 Å². The molecule has 4 rings (SSSR count). The van der Waals surface area contributed by atoms with E-state index in [1.807, 2.05) is 0 Å². The summed E-state index contributed by atoms with van der Waals surface area (Å²) in [5.74, 6) is -0.0501. The van der Waals surface area contributed by atoms with Crippen LogP contribution in [0.25, 0.3) is 22.7 Å². The fraction of sp³-hybridized carbons (Fsp3) is 0.0500. The predicted molar refractivity (Wildman–Crippen MR) is 104 cm³/mol. The highest BCUT2D eigenvalue weighted by Gasteiger charge is 2.15. The monoisotopic (exact) mass is 390 g/mol. The number of aromatic nitrogens is 2. The molecule has 9 nitrogen and oxygen atoms in total. The molecule has 0 saturated carbocycles. The van der Waals surface area contributed by atoms with Crippen molar-refractivity contribution in [2.45, 2.75) is 0 Å². The summed E-state index contributed by atoms with van der Waals surface area (Å²) < 4.78 is 11.0. The van der Waals surface area contributed by atoms with Crippen LogP contribution < -0.4 is 10.1 Å². The molecule has 0 aliphatic rings. The number of oxazole rings is 1. The molecule has 0 aliphatic carbocycles. The predicted octanol–water partition coefficient (Wildman–Crippen LogP) is 3.82. The number of hydrogen-bond donors (Lipinski definition) is 1. The molecule has 0 fully saturated rings. The maximum absolute atomic E-state index is 12.2. The van der Waals surface area contributed by atoms with Gasteiger partial charge in [-0.15, -0.1) is 0 Å². The maximum Gasteiger partial charge on any atom is 0.310 e. The normalized spacial score (nSPS) is 10.6. The Balaban J connectivity index is 1.45. The first-order valence-corrected chi connectivity index (χ1v) is 8.58. The summed E-state index contributed by atoms with van der Waals surface area (Å²) in [7, 11) is 0. The highest BCUT2D eigenvalue weighted by Crippen LogP contribution is 2.27. The summed E-state index contributed by atoms with van der Waals surface area (Å²) in [6.45, 7) is -0.373. The quantitative estimate of drug-likeness (QED) is 0.392. The van der Waals surface area contributed by atoms with E-state index < -0.39 is 10.8 Å². The van der Waals surface area contributed by atoms with E-state index in [-0.39, 0.29) is 18.0 Å². The van der Waals surface area contributed by atoms with Crippen molar-refractivity contribution in [2.24, 2.45) is 0 Å². The minimum Gasteiger partial charge on any atom is -0.477 e. The summed E-state index contributed by atoms with van der Waals surface area (Å²) in [6, 6.07) is 16.3. The van der Waals surface area contributed by atoms with Crippen molar-refractivity contribution in [1.82, 2.24) is 9.97 Å². The smallest absolute Gasteiger partial charge is 0.310 e. The first kappa shape index (κ1) is 18.1. The first-order valence-electron chi connectivity index (χ1n) is 8.58. The molecular formula is C20H14N4O5. The third-order valence-corrected chi connectivity index (χ3v) is 3.98. The topological polar surface area (TPSA) is 120 Å². The number of nitro groups is 1. The molecule has 0 saturated heterocycles. The molecule has 0 unspecified atom stereocenters. The maximum atomic E-state index is 12.2. The Morgan fingerprint density at radius 1 is 1.14 bits per heavy atom. The van der Waals surface area contributed by atoms with Gasteiger partial charge in [0.05, 0.1) is 4.92 Å². The van der Waals surface area contributed by atoms with Gasteiger partial charge in [0.2, 0.25) is 5.89 Å². The summed E-state index contributed by atoms with van der Waals surface area (Å²) >= 11 is 0. The van der Waals surface area contributed by atoms with Crippen LogP contribution in [0.5, 0.6) is 5.75 Å². The number of nitrogens with zero attached hydrogens (tertiary/aromatic N) is 3. The molecule has 144 valence electrons. The Bertz CT molecular complexity index is 1170. The van der Waals surface area contributed by atoms with Gasteiger partial charge in [0.15, 0.2) is 23.6 Å². The number of rotatable bonds is 6. The van der Waals surface area contributed by atoms with Crippen LogP contribution in [0.1, 0.15) is 0 Å². The van der Waals surface area contributed by atoms with Crippen molar-refractivity contribution in [2.75, 3.05) is 11.9 Å². The van der Waals surface area contributed by atoms with Crippen molar-refractivity contribution >= 4 is 28.5 Å². The SMILES string of the molecule is O=C(COc1ccccc1[N+](=O)[O-])Nc1cccc(-c2nc3ncccc3o2)c1. The lowest BCUT2D eigenvalue weighted by molar-refractivity contribution is -0.385. The molecule has 0 radical (unpaired) electrons. The van der Waals surface area contributed by atoms with Crippen LogP contribution in [-0.4, -0.2) is 27.4 Å². The highest BCUT2D eigenvalue weighted by atomic mass is 16.6. The first-order chi connectivity index (χ1) is 14.1. The number of ether oxygens (including phenoxy) is 1. The molecule has 4 aromatic rings. The van der Waals surface area contributed by atoms with Crippen molar-refractivity contribution in [3.8, 4) is 17.2 Å². The number of benzene rings is 2. The van der Waals surface area contributed by atoms with Crippen molar-refractivity contribution in [3.05, 3.63) is 77.0 Å². The van der Waals surface area contributed by atoms with E-state index in [4.69, 9.17) is 9.15 Å². The van der Waals surface area contributed by atoms with Gasteiger partial charge in [-0.05, 0) is 36.4 Å². The summed E-state index contributed by atoms with van der Waals surface area (Å²) in [4.78, 5) is 31.1. The molecule has 1 N–H and O–H groups in total. The molecule has 0 spiro atoms. The zero-order valence-corrected chi connectivity index (χ0v) is 14.9. The van der Waals surface area contributed by atoms with Gasteiger partial charge in [0.1, 0.15) is 0 Å². The van der Waals surface area contributed by atoms with Crippen molar-refractivity contribution in [1.29, 1.82) is 0 Å². The summed E-state index contributed by atoms with van der Waals surface area (Å²) in [5, 5.41) is 13.7. The van der Waals surface area contributed by atoms with E-state index >= 15 is 0 Å². The Hall–Kier alpha value is -4.27. The minimum absolute atomic E-state index is 0.0281. The van der Waals surface area contributed by atoms with Gasteiger partial charge in [-0.1, -0.05) is 18.2 Å². The number of fused-ring (bicyclic) bond motifs is 1. The van der Waals surface area contributed by atoms with Crippen LogP contribution in [-0.2, 0) is 4.79 Å². The number of para-hydroxylation sites is 2. The molecular weight excluding hydrogens is 376 g/mol. The van der Waals surface area contributed by atoms with Crippen molar-refractivity contribution in [3.63, 3.8) is 0 Å². The van der Waals surface area contributed by atoms with E-state index in [1.54, 1.807) is 48.7 Å². The second-order valence-electron chi connectivity index (χ2n) is 5.99. The fourth-order valence-corrected chi connectivity index (χ4v) is 2.69. The minimum atomic E-state index is -0.564. The number of amides is 1. The Labute approximate surface area is 164 Å². The Morgan fingerprint density at radius 3 is 2.83 bits per heavy atom. The molecule has 1 amide bonds. The van der Waals surface area contributed by atoms with Crippen LogP contribution in [0.4, 0.5) is 11.4 Å². The van der Waals surface area contributed by atoms with Crippen LogP contribution in [0.2, 0.25) is 0 Å². The van der Waals surface area contributed by atoms with Gasteiger partial charge in [0.25, 0.3) is 5.91 Å². The zero-order valence-electron chi connectivity index (χ0n) is 14.9. The van der Waals surface area contributed by atoms with E-state index in [2.05, 4.69) is 15.3 Å². The van der Waals surface area contributed by atoms with Gasteiger partial charge in [-0.25, -0.2) is 4.98 Å². The standard InChI is InChI=1S/C20H14N4O5/c25-18(12-28-16-8-2-1-7-15(16)24(26)27)22-14-6-3-5-13(11-14)20-23-19-17(29-20)9-4-10-21-19/h1-11H,12H2,(H,22,25). The largest absolute Gasteiger partial charge is 0.477 e. The third kappa shape index (κ3) is 4.03. The molecule has 0 atom stereocenters. The lowest BCUT2D eigenvalue weighted by Gasteiger charge is -2.08. The summed E-state index contributed by atoms with van der Waals surface area (Å²) in [5.41, 5.74) is 2.03. The van der Waals surface area contributed by atoms with Gasteiger partial charge in [-0.3, -0.25) is 14.9 Å². The molecule has 0 bridgehead atoms. The second kappa shape index (κ2) is 7.77. The Morgan fingerprint density at radius 2 is 2.00 bits per heavy atom. The average Bonchev–Trinajstić information content (AvgIpc) is 3.17. The summed E-state index contributed by atoms with van der Waals surface area (Å²) in [6.07, 6.45) is 1.63. The van der Waals surface area contributed by atoms with Gasteiger partial charge in [0, 0.05) is 23.5 Å². The number of carbonyl (C=O) groups is 1. The fourth-order valence-electron chi connectivity index (χ4n) is 2.69. The van der Waals surface area contributed by atoms with E-state index in [9.17, 15) is 14.9 Å². The molecule has 2 aromatic heterocycles. The van der Waals surface area contributed by atoms with Crippen LogP contribution in [0.15, 0.2) is 71.3 Å². The van der Waals surface area contributed by atoms with E-state index in [0.717, 1.165) is 0 Å². The number of nitro benzene ring substituents is 1.